The number of rotatable bonds is 6. The van der Waals surface area contributed by atoms with E-state index >= 15 is 0 Å². The van der Waals surface area contributed by atoms with Crippen molar-refractivity contribution in [3.63, 3.8) is 0 Å². The normalized spacial score (nSPS) is 10.9. The maximum absolute atomic E-state index is 12.2. The highest BCUT2D eigenvalue weighted by atomic mass is 16.5. The van der Waals surface area contributed by atoms with Crippen LogP contribution in [0.3, 0.4) is 0 Å². The summed E-state index contributed by atoms with van der Waals surface area (Å²) in [6.07, 6.45) is 0. The van der Waals surface area contributed by atoms with Gasteiger partial charge in [0.2, 0.25) is 5.88 Å². The van der Waals surface area contributed by atoms with Gasteiger partial charge < -0.3 is 9.47 Å². The highest BCUT2D eigenvalue weighted by Gasteiger charge is 2.13. The van der Waals surface area contributed by atoms with Crippen LogP contribution in [0, 0.1) is 6.92 Å². The molecular weight excluding hydrogens is 384 g/mol. The molecule has 4 aromatic rings. The number of nitrogens with zero attached hydrogens (tertiary/aromatic N) is 6. The van der Waals surface area contributed by atoms with Gasteiger partial charge in [-0.25, -0.2) is 9.48 Å². The van der Waals surface area contributed by atoms with Gasteiger partial charge >= 0.3 is 5.69 Å². The van der Waals surface area contributed by atoms with Gasteiger partial charge in [-0.2, -0.15) is 14.5 Å². The van der Waals surface area contributed by atoms with Gasteiger partial charge in [0.05, 0.1) is 18.5 Å². The zero-order chi connectivity index (χ0) is 21.3. The van der Waals surface area contributed by atoms with Crippen LogP contribution in [0.5, 0.6) is 11.6 Å². The number of aryl methyl sites for hydroxylation is 3. The zero-order valence-electron chi connectivity index (χ0n) is 17.2. The van der Waals surface area contributed by atoms with E-state index in [9.17, 15) is 4.79 Å². The molecule has 9 nitrogen and oxygen atoms in total. The maximum Gasteiger partial charge on any atom is 0.368 e. The fourth-order valence-electron chi connectivity index (χ4n) is 3.21. The monoisotopic (exact) mass is 406 g/mol. The first-order valence-electron chi connectivity index (χ1n) is 9.37. The Hall–Kier alpha value is -3.88. The van der Waals surface area contributed by atoms with Crippen LogP contribution in [0.25, 0.3) is 16.9 Å². The van der Waals surface area contributed by atoms with Crippen molar-refractivity contribution in [2.75, 3.05) is 7.11 Å². The van der Waals surface area contributed by atoms with E-state index < -0.39 is 0 Å². The predicted molar refractivity (Wildman–Crippen MR) is 111 cm³/mol. The lowest BCUT2D eigenvalue weighted by molar-refractivity contribution is 0.303. The molecule has 2 heterocycles. The Balaban J connectivity index is 1.56. The molecule has 0 unspecified atom stereocenters. The number of hydrogen-bond donors (Lipinski definition) is 0. The lowest BCUT2D eigenvalue weighted by Crippen LogP contribution is -2.23. The lowest BCUT2D eigenvalue weighted by atomic mass is 10.1. The number of aromatic nitrogens is 6. The van der Waals surface area contributed by atoms with E-state index in [1.807, 2.05) is 62.5 Å². The summed E-state index contributed by atoms with van der Waals surface area (Å²) < 4.78 is 15.5. The van der Waals surface area contributed by atoms with Gasteiger partial charge in [-0.15, -0.1) is 0 Å². The highest BCUT2D eigenvalue weighted by molar-refractivity contribution is 5.63. The third-order valence-corrected chi connectivity index (χ3v) is 4.84. The second-order valence-corrected chi connectivity index (χ2v) is 6.89. The van der Waals surface area contributed by atoms with Gasteiger partial charge in [0.1, 0.15) is 12.4 Å². The van der Waals surface area contributed by atoms with E-state index in [-0.39, 0.29) is 12.3 Å². The van der Waals surface area contributed by atoms with Crippen LogP contribution in [-0.4, -0.2) is 36.7 Å². The fraction of sp³-hybridized carbons (Fsp3) is 0.238. The summed E-state index contributed by atoms with van der Waals surface area (Å²) in [6.45, 7) is 2.27. The first-order valence-corrected chi connectivity index (χ1v) is 9.37. The molecule has 0 spiro atoms. The van der Waals surface area contributed by atoms with E-state index in [1.54, 1.807) is 18.8 Å². The summed E-state index contributed by atoms with van der Waals surface area (Å²) in [5.41, 5.74) is 3.95. The average molecular weight is 406 g/mol. The summed E-state index contributed by atoms with van der Waals surface area (Å²) >= 11 is 0. The molecule has 4 rings (SSSR count). The molecule has 2 aromatic heterocycles. The molecule has 0 aliphatic carbocycles. The Morgan fingerprint density at radius 3 is 2.47 bits per heavy atom. The molecule has 0 N–H and O–H groups in total. The first kappa shape index (κ1) is 19.4. The quantitative estimate of drug-likeness (QED) is 0.488. The molecule has 0 saturated heterocycles. The minimum Gasteiger partial charge on any atom is -0.489 e. The van der Waals surface area contributed by atoms with E-state index in [1.165, 1.54) is 9.36 Å². The van der Waals surface area contributed by atoms with Crippen molar-refractivity contribution in [1.29, 1.82) is 0 Å². The maximum atomic E-state index is 12.2. The molecule has 0 bridgehead atoms. The van der Waals surface area contributed by atoms with Gasteiger partial charge in [-0.05, 0) is 47.2 Å². The molecule has 0 aliphatic rings. The number of ether oxygens (including phenoxy) is 2. The molecule has 0 radical (unpaired) electrons. The van der Waals surface area contributed by atoms with Crippen LogP contribution < -0.4 is 15.2 Å². The predicted octanol–water partition coefficient (Wildman–Crippen LogP) is 2.26. The smallest absolute Gasteiger partial charge is 0.368 e. The number of para-hydroxylation sites is 1. The van der Waals surface area contributed by atoms with Crippen molar-refractivity contribution < 1.29 is 9.47 Å². The van der Waals surface area contributed by atoms with Crippen LogP contribution in [0.1, 0.15) is 11.1 Å². The third-order valence-electron chi connectivity index (χ3n) is 4.84. The second-order valence-electron chi connectivity index (χ2n) is 6.89. The SMILES string of the molecule is COc1cc(-c2ccc(OCc3ccccc3-n3nnn(C)c3=O)c(C)c2)nn1C. The van der Waals surface area contributed by atoms with Crippen molar-refractivity contribution >= 4 is 0 Å². The number of hydrogen-bond acceptors (Lipinski definition) is 6. The topological polar surface area (TPSA) is 89.0 Å². The molecule has 0 fully saturated rings. The molecule has 2 aromatic carbocycles. The number of benzene rings is 2. The number of methoxy groups -OCH3 is 1. The van der Waals surface area contributed by atoms with Crippen molar-refractivity contribution in [2.24, 2.45) is 14.1 Å². The first-order chi connectivity index (χ1) is 14.5. The largest absolute Gasteiger partial charge is 0.489 e. The van der Waals surface area contributed by atoms with E-state index in [2.05, 4.69) is 15.5 Å². The van der Waals surface area contributed by atoms with Crippen LogP contribution in [0.4, 0.5) is 0 Å². The van der Waals surface area contributed by atoms with Gasteiger partial charge in [-0.1, -0.05) is 18.2 Å². The molecular formula is C21H22N6O3. The lowest BCUT2D eigenvalue weighted by Gasteiger charge is -2.12. The minimum atomic E-state index is -0.311. The molecule has 0 aliphatic heterocycles. The van der Waals surface area contributed by atoms with Crippen LogP contribution >= 0.6 is 0 Å². The second kappa shape index (κ2) is 7.86. The Bertz CT molecular complexity index is 1250. The standard InChI is InChI=1S/C21H22N6O3/c1-14-11-15(17-12-20(29-4)25(2)22-17)9-10-19(14)30-13-16-7-5-6-8-18(16)27-21(28)26(3)23-24-27/h5-12H,13H2,1-4H3. The summed E-state index contributed by atoms with van der Waals surface area (Å²) in [5.74, 6) is 1.45. The van der Waals surface area contributed by atoms with Crippen LogP contribution in [0.15, 0.2) is 53.3 Å². The van der Waals surface area contributed by atoms with Crippen molar-refractivity contribution in [3.8, 4) is 28.6 Å². The molecule has 0 amide bonds. The van der Waals surface area contributed by atoms with Crippen LogP contribution in [0.2, 0.25) is 0 Å². The molecule has 0 atom stereocenters. The van der Waals surface area contributed by atoms with Gasteiger partial charge in [0.15, 0.2) is 0 Å². The Kier molecular flexibility index (Phi) is 5.09. The van der Waals surface area contributed by atoms with E-state index in [4.69, 9.17) is 9.47 Å². The van der Waals surface area contributed by atoms with Gasteiger partial charge in [0, 0.05) is 31.3 Å². The van der Waals surface area contributed by atoms with Crippen molar-refractivity contribution in [3.05, 3.63) is 70.1 Å². The summed E-state index contributed by atoms with van der Waals surface area (Å²) in [6, 6.07) is 15.3. The highest BCUT2D eigenvalue weighted by Crippen LogP contribution is 2.28. The summed E-state index contributed by atoms with van der Waals surface area (Å²) in [5, 5.41) is 12.2. The fourth-order valence-corrected chi connectivity index (χ4v) is 3.21. The molecule has 154 valence electrons. The Morgan fingerprint density at radius 1 is 1.00 bits per heavy atom. The van der Waals surface area contributed by atoms with Gasteiger partial charge in [-0.3, -0.25) is 0 Å². The van der Waals surface area contributed by atoms with E-state index in [0.717, 1.165) is 28.1 Å². The number of tetrazole rings is 1. The molecule has 0 saturated carbocycles. The Labute approximate surface area is 173 Å². The Morgan fingerprint density at radius 2 is 1.80 bits per heavy atom. The van der Waals surface area contributed by atoms with Gasteiger partial charge in [0.25, 0.3) is 0 Å². The molecule has 9 heteroatoms. The third kappa shape index (κ3) is 3.57. The molecule has 30 heavy (non-hydrogen) atoms. The summed E-state index contributed by atoms with van der Waals surface area (Å²) in [7, 11) is 5.02. The minimum absolute atomic E-state index is 0.288. The average Bonchev–Trinajstić information content (AvgIpc) is 3.29. The van der Waals surface area contributed by atoms with Crippen molar-refractivity contribution in [1.82, 2.24) is 29.6 Å². The van der Waals surface area contributed by atoms with Crippen molar-refractivity contribution in [2.45, 2.75) is 13.5 Å². The zero-order valence-corrected chi connectivity index (χ0v) is 17.2. The summed E-state index contributed by atoms with van der Waals surface area (Å²) in [4.78, 5) is 12.2. The van der Waals surface area contributed by atoms with Crippen LogP contribution in [-0.2, 0) is 20.7 Å². The van der Waals surface area contributed by atoms with E-state index in [0.29, 0.717) is 11.6 Å².